The fourth-order valence-electron chi connectivity index (χ4n) is 0.134. The summed E-state index contributed by atoms with van der Waals surface area (Å²) in [6, 6.07) is 0. The number of methoxy groups -OCH3 is 1. The van der Waals surface area contributed by atoms with Crippen molar-refractivity contribution in [3.63, 3.8) is 0 Å². The van der Waals surface area contributed by atoms with Crippen LogP contribution in [0.3, 0.4) is 0 Å². The highest BCUT2D eigenvalue weighted by Gasteiger charge is 2.38. The van der Waals surface area contributed by atoms with Crippen molar-refractivity contribution in [2.24, 2.45) is 0 Å². The van der Waals surface area contributed by atoms with Gasteiger partial charge in [0.05, 0.1) is 0 Å². The van der Waals surface area contributed by atoms with E-state index in [1.54, 1.807) is 0 Å². The van der Waals surface area contributed by atoms with Crippen molar-refractivity contribution >= 4 is 0 Å². The monoisotopic (exact) mass is 130 g/mol. The summed E-state index contributed by atoms with van der Waals surface area (Å²) < 4.78 is 36.8. The summed E-state index contributed by atoms with van der Waals surface area (Å²) in [4.78, 5) is 0. The lowest BCUT2D eigenvalue weighted by Gasteiger charge is -2.10. The molecule has 0 spiro atoms. The van der Waals surface area contributed by atoms with Gasteiger partial charge in [-0.3, -0.25) is 0 Å². The van der Waals surface area contributed by atoms with Gasteiger partial charge in [0.2, 0.25) is 0 Å². The highest BCUT2D eigenvalue weighted by Crippen LogP contribution is 2.19. The normalized spacial score (nSPS) is 16.1. The Morgan fingerprint density at radius 2 is 1.88 bits per heavy atom. The van der Waals surface area contributed by atoms with Gasteiger partial charge in [-0.2, -0.15) is 13.2 Å². The van der Waals surface area contributed by atoms with Gasteiger partial charge in [-0.1, -0.05) is 0 Å². The van der Waals surface area contributed by atoms with Crippen molar-refractivity contribution in [1.29, 1.82) is 0 Å². The quantitative estimate of drug-likeness (QED) is 0.524. The Hall–Kier alpha value is -0.290. The minimum atomic E-state index is -4.66. The predicted molar refractivity (Wildman–Crippen MR) is 19.1 cm³/mol. The third-order valence-corrected chi connectivity index (χ3v) is 0.503. The molecule has 0 amide bonds. The summed E-state index contributed by atoms with van der Waals surface area (Å²) in [5.74, 6) is 0. The molecule has 8 heavy (non-hydrogen) atoms. The summed E-state index contributed by atoms with van der Waals surface area (Å²) in [7, 11) is 0.776. The van der Waals surface area contributed by atoms with Gasteiger partial charge in [-0.25, -0.2) is 0 Å². The first-order chi connectivity index (χ1) is 3.48. The van der Waals surface area contributed by atoms with Crippen molar-refractivity contribution in [3.05, 3.63) is 0 Å². The molecular weight excluding hydrogens is 125 g/mol. The van der Waals surface area contributed by atoms with Crippen LogP contribution in [0.2, 0.25) is 0 Å². The Balaban J connectivity index is 3.62. The number of aliphatic hydroxyl groups is 1. The Morgan fingerprint density at radius 3 is 1.88 bits per heavy atom. The van der Waals surface area contributed by atoms with Gasteiger partial charge in [-0.05, 0) is 0 Å². The molecule has 0 aliphatic rings. The van der Waals surface area contributed by atoms with E-state index in [1.165, 1.54) is 0 Å². The van der Waals surface area contributed by atoms with Crippen molar-refractivity contribution in [2.75, 3.05) is 7.11 Å². The maximum atomic E-state index is 11.1. The zero-order chi connectivity index (χ0) is 6.78. The van der Waals surface area contributed by atoms with Crippen LogP contribution >= 0.6 is 0 Å². The lowest BCUT2D eigenvalue weighted by molar-refractivity contribution is -0.285. The van der Waals surface area contributed by atoms with Crippen LogP contribution < -0.4 is 0 Å². The smallest absolute Gasteiger partial charge is 0.361 e. The number of alkyl halides is 3. The number of hydrogen-bond donors (Lipinski definition) is 1. The topological polar surface area (TPSA) is 29.5 Å². The van der Waals surface area contributed by atoms with Crippen molar-refractivity contribution in [1.82, 2.24) is 0 Å². The fourth-order valence-corrected chi connectivity index (χ4v) is 0.134. The molecule has 5 heteroatoms. The summed E-state index contributed by atoms with van der Waals surface area (Å²) in [6.45, 7) is 0. The van der Waals surface area contributed by atoms with Gasteiger partial charge in [-0.15, -0.1) is 0 Å². The lowest BCUT2D eigenvalue weighted by Crippen LogP contribution is -2.29. The van der Waals surface area contributed by atoms with E-state index in [-0.39, 0.29) is 0 Å². The fraction of sp³-hybridized carbons (Fsp3) is 1.00. The Bertz CT molecular complexity index is 69.4. The molecule has 0 radical (unpaired) electrons. The van der Waals surface area contributed by atoms with E-state index in [0.29, 0.717) is 0 Å². The first kappa shape index (κ1) is 7.71. The lowest BCUT2D eigenvalue weighted by atomic mass is 10.6. The maximum absolute atomic E-state index is 11.1. The third kappa shape index (κ3) is 2.13. The van der Waals surface area contributed by atoms with Crippen LogP contribution in [0.4, 0.5) is 13.2 Å². The zero-order valence-electron chi connectivity index (χ0n) is 4.07. The van der Waals surface area contributed by atoms with E-state index in [0.717, 1.165) is 7.11 Å². The summed E-state index contributed by atoms with van der Waals surface area (Å²) >= 11 is 0. The SMILES string of the molecule is CO[C@@H](O)C(F)(F)F. The van der Waals surface area contributed by atoms with Gasteiger partial charge in [0, 0.05) is 7.11 Å². The molecule has 0 fully saturated rings. The van der Waals surface area contributed by atoms with E-state index < -0.39 is 12.5 Å². The molecule has 50 valence electrons. The molecule has 0 saturated carbocycles. The average Bonchev–Trinajstić information content (AvgIpc) is 1.62. The van der Waals surface area contributed by atoms with Crippen LogP contribution in [-0.4, -0.2) is 24.7 Å². The van der Waals surface area contributed by atoms with E-state index in [1.807, 2.05) is 0 Å². The molecule has 2 nitrogen and oxygen atoms in total. The van der Waals surface area contributed by atoms with Crippen molar-refractivity contribution in [3.8, 4) is 0 Å². The molecular formula is C3H5F3O2. The van der Waals surface area contributed by atoms with Crippen molar-refractivity contribution < 1.29 is 23.0 Å². The summed E-state index contributed by atoms with van der Waals surface area (Å²) in [5, 5.41) is 7.85. The second-order valence-corrected chi connectivity index (χ2v) is 1.13. The first-order valence-electron chi connectivity index (χ1n) is 1.76. The molecule has 0 bridgehead atoms. The number of hydrogen-bond acceptors (Lipinski definition) is 2. The summed E-state index contributed by atoms with van der Waals surface area (Å²) in [5.41, 5.74) is 0. The molecule has 0 aromatic carbocycles. The number of aliphatic hydroxyl groups excluding tert-OH is 1. The van der Waals surface area contributed by atoms with Gasteiger partial charge in [0.15, 0.2) is 0 Å². The molecule has 0 heterocycles. The largest absolute Gasteiger partial charge is 0.439 e. The molecule has 1 N–H and O–H groups in total. The highest BCUT2D eigenvalue weighted by molar-refractivity contribution is 4.50. The van der Waals surface area contributed by atoms with E-state index in [2.05, 4.69) is 4.74 Å². The van der Waals surface area contributed by atoms with Crippen LogP contribution in [0.15, 0.2) is 0 Å². The van der Waals surface area contributed by atoms with Gasteiger partial charge >= 0.3 is 6.18 Å². The van der Waals surface area contributed by atoms with Crippen LogP contribution in [0.5, 0.6) is 0 Å². The molecule has 0 saturated heterocycles. The minimum Gasteiger partial charge on any atom is -0.361 e. The molecule has 0 aromatic rings. The number of rotatable bonds is 1. The molecule has 0 aliphatic heterocycles. The number of halogens is 3. The minimum absolute atomic E-state index is 0.776. The van der Waals surface area contributed by atoms with E-state index >= 15 is 0 Å². The second kappa shape index (κ2) is 2.32. The van der Waals surface area contributed by atoms with Gasteiger partial charge in [0.1, 0.15) is 0 Å². The van der Waals surface area contributed by atoms with E-state index in [4.69, 9.17) is 5.11 Å². The summed E-state index contributed by atoms with van der Waals surface area (Å²) in [6.07, 6.45) is -7.31. The standard InChI is InChI=1S/C3H5F3O2/c1-8-2(7)3(4,5)6/h2,7H,1H3/t2-/m1/s1. The Morgan fingerprint density at radius 1 is 1.50 bits per heavy atom. The van der Waals surface area contributed by atoms with Gasteiger partial charge in [0.25, 0.3) is 6.29 Å². The molecule has 1 atom stereocenters. The third-order valence-electron chi connectivity index (χ3n) is 0.503. The van der Waals surface area contributed by atoms with Gasteiger partial charge < -0.3 is 9.84 Å². The van der Waals surface area contributed by atoms with E-state index in [9.17, 15) is 13.2 Å². The van der Waals surface area contributed by atoms with Crippen molar-refractivity contribution in [2.45, 2.75) is 12.5 Å². The molecule has 0 aliphatic carbocycles. The highest BCUT2D eigenvalue weighted by atomic mass is 19.4. The molecule has 0 rings (SSSR count). The van der Waals surface area contributed by atoms with Crippen LogP contribution in [0.25, 0.3) is 0 Å². The van der Waals surface area contributed by atoms with Crippen LogP contribution in [0, 0.1) is 0 Å². The Labute approximate surface area is 43.9 Å². The molecule has 0 unspecified atom stereocenters. The van der Waals surface area contributed by atoms with Crippen LogP contribution in [-0.2, 0) is 4.74 Å². The predicted octanol–water partition coefficient (Wildman–Crippen LogP) is 0.514. The van der Waals surface area contributed by atoms with Crippen LogP contribution in [0.1, 0.15) is 0 Å². The zero-order valence-corrected chi connectivity index (χ0v) is 4.07. The average molecular weight is 130 g/mol. The first-order valence-corrected chi connectivity index (χ1v) is 1.76. The molecule has 0 aromatic heterocycles. The second-order valence-electron chi connectivity index (χ2n) is 1.13. The number of ether oxygens (including phenoxy) is 1. The maximum Gasteiger partial charge on any atom is 0.439 e. The Kier molecular flexibility index (Phi) is 2.24.